The summed E-state index contributed by atoms with van der Waals surface area (Å²) in [5.41, 5.74) is 10.1. The van der Waals surface area contributed by atoms with Crippen molar-refractivity contribution in [1.29, 1.82) is 0 Å². The number of fused-ring (bicyclic) bond motifs is 1. The van der Waals surface area contributed by atoms with Crippen molar-refractivity contribution in [2.45, 2.75) is 13.5 Å². The fourth-order valence-corrected chi connectivity index (χ4v) is 1.93. The summed E-state index contributed by atoms with van der Waals surface area (Å²) in [6.07, 6.45) is 1.81. The van der Waals surface area contributed by atoms with Crippen molar-refractivity contribution in [2.75, 3.05) is 0 Å². The first-order valence-electron chi connectivity index (χ1n) is 5.79. The van der Waals surface area contributed by atoms with Crippen LogP contribution < -0.4 is 5.73 Å². The van der Waals surface area contributed by atoms with E-state index < -0.39 is 0 Å². The van der Waals surface area contributed by atoms with E-state index in [0.717, 1.165) is 11.1 Å². The lowest BCUT2D eigenvalue weighted by Crippen LogP contribution is -1.95. The topological polar surface area (TPSA) is 64.9 Å². The number of aryl methyl sites for hydroxylation is 1. The molecule has 2 heterocycles. The Labute approximate surface area is 104 Å². The van der Waals surface area contributed by atoms with E-state index in [4.69, 9.17) is 10.2 Å². The summed E-state index contributed by atoms with van der Waals surface area (Å²) in [6, 6.07) is 10.2. The van der Waals surface area contributed by atoms with Crippen LogP contribution in [0.15, 0.2) is 40.9 Å². The van der Waals surface area contributed by atoms with Crippen molar-refractivity contribution in [2.24, 2.45) is 5.73 Å². The van der Waals surface area contributed by atoms with Crippen molar-refractivity contribution < 1.29 is 4.42 Å². The van der Waals surface area contributed by atoms with E-state index in [0.29, 0.717) is 17.1 Å². The maximum absolute atomic E-state index is 5.51. The first-order valence-corrected chi connectivity index (χ1v) is 5.79. The van der Waals surface area contributed by atoms with Gasteiger partial charge in [0.1, 0.15) is 0 Å². The van der Waals surface area contributed by atoms with Gasteiger partial charge in [0.05, 0.1) is 6.54 Å². The summed E-state index contributed by atoms with van der Waals surface area (Å²) in [6.45, 7) is 2.35. The first-order chi connectivity index (χ1) is 8.76. The van der Waals surface area contributed by atoms with Gasteiger partial charge in [-0.05, 0) is 18.6 Å². The molecule has 0 aliphatic carbocycles. The van der Waals surface area contributed by atoms with E-state index in [1.54, 1.807) is 6.20 Å². The van der Waals surface area contributed by atoms with Gasteiger partial charge in [0.2, 0.25) is 5.89 Å². The zero-order valence-electron chi connectivity index (χ0n) is 10.1. The van der Waals surface area contributed by atoms with Gasteiger partial charge in [0.25, 0.3) is 0 Å². The normalized spacial score (nSPS) is 11.0. The van der Waals surface area contributed by atoms with Gasteiger partial charge in [0.15, 0.2) is 11.2 Å². The SMILES string of the molecule is Cc1cccc(-c2cnc3nc(CN)oc3c2)c1. The molecule has 90 valence electrons. The van der Waals surface area contributed by atoms with E-state index in [1.165, 1.54) is 5.56 Å². The second kappa shape index (κ2) is 4.23. The molecule has 4 heteroatoms. The van der Waals surface area contributed by atoms with Gasteiger partial charge in [-0.2, -0.15) is 4.98 Å². The van der Waals surface area contributed by atoms with Crippen molar-refractivity contribution in [1.82, 2.24) is 9.97 Å². The lowest BCUT2D eigenvalue weighted by molar-refractivity contribution is 0.533. The van der Waals surface area contributed by atoms with Crippen LogP contribution in [0.3, 0.4) is 0 Å². The van der Waals surface area contributed by atoms with Crippen molar-refractivity contribution in [3.05, 3.63) is 48.0 Å². The maximum atomic E-state index is 5.51. The molecule has 0 aliphatic rings. The van der Waals surface area contributed by atoms with Crippen LogP contribution in [0.25, 0.3) is 22.4 Å². The van der Waals surface area contributed by atoms with Crippen molar-refractivity contribution in [3.8, 4) is 11.1 Å². The van der Waals surface area contributed by atoms with Gasteiger partial charge in [0, 0.05) is 11.8 Å². The molecular weight excluding hydrogens is 226 g/mol. The van der Waals surface area contributed by atoms with Crippen molar-refractivity contribution >= 4 is 11.2 Å². The molecule has 0 bridgehead atoms. The smallest absolute Gasteiger partial charge is 0.210 e. The minimum atomic E-state index is 0.288. The molecule has 0 saturated heterocycles. The highest BCUT2D eigenvalue weighted by Gasteiger charge is 2.07. The Kier molecular flexibility index (Phi) is 2.57. The lowest BCUT2D eigenvalue weighted by Gasteiger charge is -2.01. The molecule has 0 aliphatic heterocycles. The van der Waals surface area contributed by atoms with Gasteiger partial charge in [-0.3, -0.25) is 0 Å². The number of pyridine rings is 1. The Bertz CT molecular complexity index is 703. The van der Waals surface area contributed by atoms with Gasteiger partial charge in [-0.25, -0.2) is 4.98 Å². The summed E-state index contributed by atoms with van der Waals surface area (Å²) in [5, 5.41) is 0. The third-order valence-electron chi connectivity index (χ3n) is 2.82. The average Bonchev–Trinajstić information content (AvgIpc) is 2.80. The maximum Gasteiger partial charge on any atom is 0.210 e. The highest BCUT2D eigenvalue weighted by atomic mass is 16.3. The standard InChI is InChI=1S/C14H13N3O/c1-9-3-2-4-10(5-9)11-6-12-14(16-8-11)17-13(7-15)18-12/h2-6,8H,7,15H2,1H3. The van der Waals surface area contributed by atoms with Gasteiger partial charge < -0.3 is 10.2 Å². The molecule has 3 aromatic rings. The lowest BCUT2D eigenvalue weighted by atomic mass is 10.1. The number of hydrogen-bond donors (Lipinski definition) is 1. The molecule has 2 aromatic heterocycles. The molecule has 0 amide bonds. The fraction of sp³-hybridized carbons (Fsp3) is 0.143. The summed E-state index contributed by atoms with van der Waals surface area (Å²) in [4.78, 5) is 8.48. The molecule has 0 atom stereocenters. The molecule has 0 saturated carbocycles. The summed E-state index contributed by atoms with van der Waals surface area (Å²) >= 11 is 0. The second-order valence-corrected chi connectivity index (χ2v) is 4.23. The average molecular weight is 239 g/mol. The van der Waals surface area contributed by atoms with Crippen molar-refractivity contribution in [3.63, 3.8) is 0 Å². The summed E-state index contributed by atoms with van der Waals surface area (Å²) in [7, 11) is 0. The van der Waals surface area contributed by atoms with E-state index in [-0.39, 0.29) is 6.54 Å². The van der Waals surface area contributed by atoms with E-state index in [9.17, 15) is 0 Å². The summed E-state index contributed by atoms with van der Waals surface area (Å²) < 4.78 is 5.51. The fourth-order valence-electron chi connectivity index (χ4n) is 1.93. The van der Waals surface area contributed by atoms with Gasteiger partial charge in [-0.1, -0.05) is 29.8 Å². The molecule has 0 spiro atoms. The molecule has 2 N–H and O–H groups in total. The summed E-state index contributed by atoms with van der Waals surface area (Å²) in [5.74, 6) is 0.513. The van der Waals surface area contributed by atoms with Crippen LogP contribution >= 0.6 is 0 Å². The highest BCUT2D eigenvalue weighted by Crippen LogP contribution is 2.23. The largest absolute Gasteiger partial charge is 0.438 e. The van der Waals surface area contributed by atoms with Crippen LogP contribution in [0, 0.1) is 6.92 Å². The quantitative estimate of drug-likeness (QED) is 0.746. The van der Waals surface area contributed by atoms with E-state index in [1.807, 2.05) is 12.1 Å². The molecule has 3 rings (SSSR count). The first kappa shape index (κ1) is 10.9. The molecule has 1 aromatic carbocycles. The minimum Gasteiger partial charge on any atom is -0.438 e. The monoisotopic (exact) mass is 239 g/mol. The van der Waals surface area contributed by atoms with E-state index in [2.05, 4.69) is 35.1 Å². The zero-order chi connectivity index (χ0) is 12.5. The number of rotatable bonds is 2. The minimum absolute atomic E-state index is 0.288. The Morgan fingerprint density at radius 3 is 2.89 bits per heavy atom. The number of aromatic nitrogens is 2. The molecule has 4 nitrogen and oxygen atoms in total. The van der Waals surface area contributed by atoms with Crippen LogP contribution in [-0.4, -0.2) is 9.97 Å². The van der Waals surface area contributed by atoms with Gasteiger partial charge >= 0.3 is 0 Å². The van der Waals surface area contributed by atoms with Crippen LogP contribution in [-0.2, 0) is 6.54 Å². The Hall–Kier alpha value is -2.20. The predicted octanol–water partition coefficient (Wildman–Crippen LogP) is 2.66. The highest BCUT2D eigenvalue weighted by molar-refractivity contribution is 5.76. The van der Waals surface area contributed by atoms with Gasteiger partial charge in [-0.15, -0.1) is 0 Å². The molecule has 0 fully saturated rings. The Morgan fingerprint density at radius 2 is 2.11 bits per heavy atom. The van der Waals surface area contributed by atoms with Crippen LogP contribution in [0.5, 0.6) is 0 Å². The van der Waals surface area contributed by atoms with Crippen LogP contribution in [0.4, 0.5) is 0 Å². The van der Waals surface area contributed by atoms with E-state index >= 15 is 0 Å². The number of oxazole rings is 1. The molecular formula is C14H13N3O. The molecule has 0 unspecified atom stereocenters. The number of nitrogens with two attached hydrogens (primary N) is 1. The number of benzene rings is 1. The molecule has 18 heavy (non-hydrogen) atoms. The zero-order valence-corrected chi connectivity index (χ0v) is 10.1. The number of hydrogen-bond acceptors (Lipinski definition) is 4. The number of nitrogens with zero attached hydrogens (tertiary/aromatic N) is 2. The third-order valence-corrected chi connectivity index (χ3v) is 2.82. The van der Waals surface area contributed by atoms with Crippen LogP contribution in [0.2, 0.25) is 0 Å². The molecule has 0 radical (unpaired) electrons. The second-order valence-electron chi connectivity index (χ2n) is 4.23. The van der Waals surface area contributed by atoms with Crippen LogP contribution in [0.1, 0.15) is 11.5 Å². The Balaban J connectivity index is 2.12. The predicted molar refractivity (Wildman–Crippen MR) is 69.9 cm³/mol. The Morgan fingerprint density at radius 1 is 1.22 bits per heavy atom. The third kappa shape index (κ3) is 1.87.